The minimum Gasteiger partial charge on any atom is -0.390 e. The van der Waals surface area contributed by atoms with Gasteiger partial charge in [0.25, 0.3) is 0 Å². The van der Waals surface area contributed by atoms with Gasteiger partial charge in [-0.05, 0) is 23.1 Å². The van der Waals surface area contributed by atoms with Gasteiger partial charge in [-0.3, -0.25) is 0 Å². The van der Waals surface area contributed by atoms with Crippen LogP contribution in [0.25, 0.3) is 0 Å². The van der Waals surface area contributed by atoms with Crippen molar-refractivity contribution in [2.75, 3.05) is 0 Å². The van der Waals surface area contributed by atoms with Crippen molar-refractivity contribution in [1.29, 1.82) is 0 Å². The van der Waals surface area contributed by atoms with Crippen LogP contribution in [0, 0.1) is 12.3 Å². The molecule has 4 atom stereocenters. The van der Waals surface area contributed by atoms with Crippen LogP contribution in [-0.2, 0) is 34.0 Å². The molecule has 0 radical (unpaired) electrons. The Morgan fingerprint density at radius 2 is 1.10 bits per heavy atom. The lowest BCUT2D eigenvalue weighted by Gasteiger charge is -2.30. The summed E-state index contributed by atoms with van der Waals surface area (Å²) in [6, 6.07) is 30.0. The Labute approximate surface area is 248 Å². The number of terminal acetylenes is 1. The normalized spacial score (nSPS) is 14.2. The number of ether oxygens (including phenoxy) is 3. The van der Waals surface area contributed by atoms with Gasteiger partial charge in [0.2, 0.25) is 0 Å². The van der Waals surface area contributed by atoms with Crippen molar-refractivity contribution < 1.29 is 19.3 Å². The lowest BCUT2D eigenvalue weighted by atomic mass is 9.98. The van der Waals surface area contributed by atoms with Crippen LogP contribution in [0.15, 0.2) is 91.0 Å². The van der Waals surface area contributed by atoms with E-state index in [4.69, 9.17) is 20.6 Å². The summed E-state index contributed by atoms with van der Waals surface area (Å²) >= 11 is 0. The highest BCUT2D eigenvalue weighted by Gasteiger charge is 2.31. The van der Waals surface area contributed by atoms with E-state index in [0.29, 0.717) is 26.2 Å². The van der Waals surface area contributed by atoms with E-state index in [1.54, 1.807) is 0 Å². The fraction of sp³-hybridized carbons (Fsp3) is 0.459. The fourth-order valence-corrected chi connectivity index (χ4v) is 4.96. The van der Waals surface area contributed by atoms with Crippen molar-refractivity contribution in [3.8, 4) is 12.3 Å². The molecule has 220 valence electrons. The van der Waals surface area contributed by atoms with Crippen molar-refractivity contribution in [1.82, 2.24) is 0 Å². The Morgan fingerprint density at radius 3 is 1.61 bits per heavy atom. The zero-order chi connectivity index (χ0) is 29.0. The van der Waals surface area contributed by atoms with Crippen LogP contribution in [0.5, 0.6) is 0 Å². The first-order valence-electron chi connectivity index (χ1n) is 15.3. The average Bonchev–Trinajstić information content (AvgIpc) is 3.02. The molecule has 0 unspecified atom stereocenters. The van der Waals surface area contributed by atoms with Crippen molar-refractivity contribution in [3.63, 3.8) is 0 Å². The highest BCUT2D eigenvalue weighted by atomic mass is 16.5. The standard InChI is InChI=1S/C37H48O4/c1-3-5-6-7-8-9-19-26-34(39-28-31-20-13-10-14-21-31)27-35(38)37(41-30-33-24-17-12-18-25-33)36(4-2)40-29-32-22-15-11-16-23-32/h2,10-18,20-25,34-38H,3,5-9,19,26-30H2,1H3/t34-,35-,36+,37-/m1/s1. The maximum Gasteiger partial charge on any atom is 0.146 e. The van der Waals surface area contributed by atoms with Crippen molar-refractivity contribution in [2.45, 2.75) is 109 Å². The summed E-state index contributed by atoms with van der Waals surface area (Å²) < 4.78 is 18.8. The van der Waals surface area contributed by atoms with Gasteiger partial charge in [-0.2, -0.15) is 0 Å². The first-order chi connectivity index (χ1) is 20.2. The quantitative estimate of drug-likeness (QED) is 0.106. The molecule has 0 aliphatic heterocycles. The Morgan fingerprint density at radius 1 is 0.634 bits per heavy atom. The van der Waals surface area contributed by atoms with Gasteiger partial charge >= 0.3 is 0 Å². The number of aliphatic hydroxyl groups is 1. The molecule has 0 spiro atoms. The molecule has 0 heterocycles. The molecule has 0 aliphatic rings. The van der Waals surface area contributed by atoms with Crippen LogP contribution in [0.1, 0.15) is 81.4 Å². The van der Waals surface area contributed by atoms with E-state index < -0.39 is 18.3 Å². The summed E-state index contributed by atoms with van der Waals surface area (Å²) in [6.07, 6.45) is 13.5. The van der Waals surface area contributed by atoms with Crippen molar-refractivity contribution >= 4 is 0 Å². The van der Waals surface area contributed by atoms with Crippen molar-refractivity contribution in [2.24, 2.45) is 0 Å². The van der Waals surface area contributed by atoms with Crippen LogP contribution in [-0.4, -0.2) is 29.5 Å². The van der Waals surface area contributed by atoms with E-state index in [1.165, 1.54) is 38.5 Å². The first kappa shape index (κ1) is 32.6. The zero-order valence-electron chi connectivity index (χ0n) is 24.7. The number of benzene rings is 3. The predicted molar refractivity (Wildman–Crippen MR) is 167 cm³/mol. The van der Waals surface area contributed by atoms with E-state index in [9.17, 15) is 5.11 Å². The van der Waals surface area contributed by atoms with E-state index >= 15 is 0 Å². The van der Waals surface area contributed by atoms with Crippen LogP contribution in [0.3, 0.4) is 0 Å². The van der Waals surface area contributed by atoms with E-state index in [0.717, 1.165) is 29.5 Å². The second-order valence-corrected chi connectivity index (χ2v) is 10.8. The molecule has 3 rings (SSSR count). The van der Waals surface area contributed by atoms with Gasteiger partial charge < -0.3 is 19.3 Å². The molecular weight excluding hydrogens is 508 g/mol. The maximum absolute atomic E-state index is 11.6. The van der Waals surface area contributed by atoms with Gasteiger partial charge in [-0.1, -0.05) is 149 Å². The third kappa shape index (κ3) is 13.1. The molecule has 0 bridgehead atoms. The van der Waals surface area contributed by atoms with E-state index in [2.05, 4.69) is 25.0 Å². The van der Waals surface area contributed by atoms with Gasteiger partial charge in [-0.25, -0.2) is 0 Å². The lowest BCUT2D eigenvalue weighted by molar-refractivity contribution is -0.126. The summed E-state index contributed by atoms with van der Waals surface area (Å²) in [4.78, 5) is 0. The second-order valence-electron chi connectivity index (χ2n) is 10.8. The minimum atomic E-state index is -0.846. The van der Waals surface area contributed by atoms with Gasteiger partial charge in [0.15, 0.2) is 0 Å². The van der Waals surface area contributed by atoms with Gasteiger partial charge in [0.1, 0.15) is 12.2 Å². The van der Waals surface area contributed by atoms with E-state index in [1.807, 2.05) is 78.9 Å². The molecule has 3 aromatic rings. The van der Waals surface area contributed by atoms with Crippen LogP contribution in [0.2, 0.25) is 0 Å². The number of hydrogen-bond acceptors (Lipinski definition) is 4. The van der Waals surface area contributed by atoms with Gasteiger partial charge in [0.05, 0.1) is 32.0 Å². The molecule has 0 aliphatic carbocycles. The van der Waals surface area contributed by atoms with Crippen molar-refractivity contribution in [3.05, 3.63) is 108 Å². The van der Waals surface area contributed by atoms with E-state index in [-0.39, 0.29) is 6.10 Å². The number of hydrogen-bond donors (Lipinski definition) is 1. The molecule has 1 N–H and O–H groups in total. The van der Waals surface area contributed by atoms with Crippen LogP contribution in [0.4, 0.5) is 0 Å². The molecule has 0 saturated carbocycles. The largest absolute Gasteiger partial charge is 0.390 e. The summed E-state index contributed by atoms with van der Waals surface area (Å²) in [5, 5.41) is 11.6. The molecule has 0 saturated heterocycles. The molecule has 4 nitrogen and oxygen atoms in total. The SMILES string of the molecule is C#C[C@H](OCc1ccccc1)[C@H](OCc1ccccc1)[C@H](O)C[C@@H](CCCCCCCCC)OCc1ccccc1. The molecule has 4 heteroatoms. The Kier molecular flexibility index (Phi) is 15.9. The zero-order valence-corrected chi connectivity index (χ0v) is 24.7. The predicted octanol–water partition coefficient (Wildman–Crippen LogP) is 8.27. The average molecular weight is 557 g/mol. The third-order valence-electron chi connectivity index (χ3n) is 7.36. The van der Waals surface area contributed by atoms with Crippen LogP contribution < -0.4 is 0 Å². The smallest absolute Gasteiger partial charge is 0.146 e. The number of rotatable bonds is 21. The van der Waals surface area contributed by atoms with Crippen LogP contribution >= 0.6 is 0 Å². The number of aliphatic hydroxyl groups excluding tert-OH is 1. The second kappa shape index (κ2) is 20.0. The molecular formula is C37H48O4. The highest BCUT2D eigenvalue weighted by molar-refractivity contribution is 5.16. The summed E-state index contributed by atoms with van der Waals surface area (Å²) in [6.45, 7) is 3.43. The summed E-state index contributed by atoms with van der Waals surface area (Å²) in [5.41, 5.74) is 3.16. The van der Waals surface area contributed by atoms with Gasteiger partial charge in [0, 0.05) is 6.42 Å². The third-order valence-corrected chi connectivity index (χ3v) is 7.36. The summed E-state index contributed by atoms with van der Waals surface area (Å²) in [7, 11) is 0. The number of unbranched alkanes of at least 4 members (excludes halogenated alkanes) is 6. The van der Waals surface area contributed by atoms with Gasteiger partial charge in [-0.15, -0.1) is 6.42 Å². The lowest BCUT2D eigenvalue weighted by Crippen LogP contribution is -2.42. The molecule has 0 fully saturated rings. The topological polar surface area (TPSA) is 47.9 Å². The molecule has 3 aromatic carbocycles. The molecule has 0 aromatic heterocycles. The Balaban J connectivity index is 1.66. The first-order valence-corrected chi connectivity index (χ1v) is 15.3. The molecule has 0 amide bonds. The maximum atomic E-state index is 11.6. The summed E-state index contributed by atoms with van der Waals surface area (Å²) in [5.74, 6) is 2.75. The highest BCUT2D eigenvalue weighted by Crippen LogP contribution is 2.22. The minimum absolute atomic E-state index is 0.115. The Hall–Kier alpha value is -2.94. The Bertz CT molecular complexity index is 1080. The molecule has 41 heavy (non-hydrogen) atoms. The monoisotopic (exact) mass is 556 g/mol. The fourth-order valence-electron chi connectivity index (χ4n) is 4.96.